The van der Waals surface area contributed by atoms with E-state index in [4.69, 9.17) is 4.74 Å². The van der Waals surface area contributed by atoms with Crippen molar-refractivity contribution >= 4 is 17.6 Å². The van der Waals surface area contributed by atoms with Crippen molar-refractivity contribution in [1.29, 1.82) is 0 Å². The van der Waals surface area contributed by atoms with Gasteiger partial charge in [0.05, 0.1) is 11.4 Å². The monoisotopic (exact) mass is 378 g/mol. The van der Waals surface area contributed by atoms with E-state index in [1.165, 1.54) is 4.80 Å². The molecule has 0 saturated heterocycles. The van der Waals surface area contributed by atoms with Crippen LogP contribution in [-0.2, 0) is 9.53 Å². The van der Waals surface area contributed by atoms with E-state index in [0.717, 1.165) is 22.4 Å². The van der Waals surface area contributed by atoms with Crippen molar-refractivity contribution in [2.45, 2.75) is 27.7 Å². The van der Waals surface area contributed by atoms with Gasteiger partial charge in [0, 0.05) is 5.69 Å². The lowest BCUT2D eigenvalue weighted by Crippen LogP contribution is -2.21. The minimum absolute atomic E-state index is 0.0862. The van der Waals surface area contributed by atoms with Gasteiger partial charge in [0.1, 0.15) is 0 Å². The molecule has 0 unspecified atom stereocenters. The molecule has 0 aliphatic rings. The summed E-state index contributed by atoms with van der Waals surface area (Å²) < 4.78 is 5.10. The van der Waals surface area contributed by atoms with E-state index in [1.54, 1.807) is 19.1 Å². The average Bonchev–Trinajstić information content (AvgIpc) is 3.03. The summed E-state index contributed by atoms with van der Waals surface area (Å²) in [6.45, 7) is 7.19. The molecule has 2 aromatic carbocycles. The molecular formula is C21H22N4O3. The molecule has 0 bridgehead atoms. The van der Waals surface area contributed by atoms with Gasteiger partial charge in [-0.15, -0.1) is 5.10 Å². The quantitative estimate of drug-likeness (QED) is 0.689. The lowest BCUT2D eigenvalue weighted by Gasteiger charge is -2.06. The molecule has 0 spiro atoms. The van der Waals surface area contributed by atoms with E-state index in [-0.39, 0.29) is 5.69 Å². The van der Waals surface area contributed by atoms with Gasteiger partial charge in [0.25, 0.3) is 5.91 Å². The Balaban J connectivity index is 1.65. The second-order valence-corrected chi connectivity index (χ2v) is 6.70. The predicted molar refractivity (Wildman–Crippen MR) is 106 cm³/mol. The molecule has 0 fully saturated rings. The minimum atomic E-state index is -0.687. The van der Waals surface area contributed by atoms with Crippen molar-refractivity contribution in [1.82, 2.24) is 15.0 Å². The summed E-state index contributed by atoms with van der Waals surface area (Å²) in [6, 6.07) is 13.2. The summed E-state index contributed by atoms with van der Waals surface area (Å²) in [6.07, 6.45) is 0. The molecule has 0 radical (unpaired) electrons. The minimum Gasteiger partial charge on any atom is -0.451 e. The van der Waals surface area contributed by atoms with Crippen LogP contribution < -0.4 is 5.32 Å². The molecule has 28 heavy (non-hydrogen) atoms. The molecule has 0 saturated carbocycles. The maximum Gasteiger partial charge on any atom is 0.361 e. The molecule has 0 atom stereocenters. The van der Waals surface area contributed by atoms with Gasteiger partial charge in [-0.1, -0.05) is 35.4 Å². The summed E-state index contributed by atoms with van der Waals surface area (Å²) in [7, 11) is 0. The van der Waals surface area contributed by atoms with Gasteiger partial charge in [-0.2, -0.15) is 9.90 Å². The lowest BCUT2D eigenvalue weighted by atomic mass is 10.1. The molecular weight excluding hydrogens is 356 g/mol. The molecule has 3 aromatic rings. The first-order valence-corrected chi connectivity index (χ1v) is 8.88. The second kappa shape index (κ2) is 8.04. The van der Waals surface area contributed by atoms with E-state index in [0.29, 0.717) is 11.4 Å². The van der Waals surface area contributed by atoms with E-state index < -0.39 is 18.5 Å². The number of aryl methyl sites for hydroxylation is 4. The maximum absolute atomic E-state index is 12.3. The van der Waals surface area contributed by atoms with Crippen LogP contribution in [0.4, 0.5) is 5.69 Å². The zero-order valence-electron chi connectivity index (χ0n) is 16.3. The third-order valence-corrected chi connectivity index (χ3v) is 4.21. The van der Waals surface area contributed by atoms with Gasteiger partial charge in [-0.3, -0.25) is 4.79 Å². The zero-order valence-corrected chi connectivity index (χ0v) is 16.3. The number of aromatic nitrogens is 3. The molecule has 0 aliphatic carbocycles. The number of carbonyl (C=O) groups is 2. The van der Waals surface area contributed by atoms with Gasteiger partial charge in [0.15, 0.2) is 12.3 Å². The van der Waals surface area contributed by atoms with Crippen LogP contribution in [-0.4, -0.2) is 33.5 Å². The standard InChI is InChI=1S/C21H22N4O3/c1-13-5-8-17(9-6-13)22-19(26)12-28-21(27)20-16(4)23-25(24-20)18-10-7-14(2)11-15(18)3/h5-11H,12H2,1-4H3,(H,22,26). The molecule has 7 heteroatoms. The first kappa shape index (κ1) is 19.3. The SMILES string of the molecule is Cc1ccc(NC(=O)COC(=O)c2nn(-c3ccc(C)cc3C)nc2C)cc1. The van der Waals surface area contributed by atoms with E-state index in [9.17, 15) is 9.59 Å². The number of esters is 1. The second-order valence-electron chi connectivity index (χ2n) is 6.70. The van der Waals surface area contributed by atoms with Crippen LogP contribution >= 0.6 is 0 Å². The van der Waals surface area contributed by atoms with Gasteiger partial charge < -0.3 is 10.1 Å². The highest BCUT2D eigenvalue weighted by Crippen LogP contribution is 2.16. The number of hydrogen-bond acceptors (Lipinski definition) is 5. The van der Waals surface area contributed by atoms with Crippen molar-refractivity contribution in [3.8, 4) is 5.69 Å². The molecule has 144 valence electrons. The van der Waals surface area contributed by atoms with Crippen LogP contribution in [0.2, 0.25) is 0 Å². The van der Waals surface area contributed by atoms with Crippen LogP contribution in [0.1, 0.15) is 32.9 Å². The number of rotatable bonds is 5. The Kier molecular flexibility index (Phi) is 5.54. The molecule has 3 rings (SSSR count). The fraction of sp³-hybridized carbons (Fsp3) is 0.238. The topological polar surface area (TPSA) is 86.1 Å². The number of hydrogen-bond donors (Lipinski definition) is 1. The van der Waals surface area contributed by atoms with Gasteiger partial charge >= 0.3 is 5.97 Å². The number of nitrogens with zero attached hydrogens (tertiary/aromatic N) is 3. The van der Waals surface area contributed by atoms with Crippen molar-refractivity contribution in [2.24, 2.45) is 0 Å². The lowest BCUT2D eigenvalue weighted by molar-refractivity contribution is -0.119. The molecule has 1 aromatic heterocycles. The normalized spacial score (nSPS) is 10.6. The molecule has 1 heterocycles. The number of carbonyl (C=O) groups excluding carboxylic acids is 2. The summed E-state index contributed by atoms with van der Waals surface area (Å²) >= 11 is 0. The smallest absolute Gasteiger partial charge is 0.361 e. The van der Waals surface area contributed by atoms with Crippen molar-refractivity contribution in [3.63, 3.8) is 0 Å². The summed E-state index contributed by atoms with van der Waals surface area (Å²) in [5, 5.41) is 11.2. The van der Waals surface area contributed by atoms with E-state index in [1.807, 2.05) is 51.1 Å². The third-order valence-electron chi connectivity index (χ3n) is 4.21. The number of nitrogens with one attached hydrogen (secondary N) is 1. The Hall–Kier alpha value is -3.48. The molecule has 1 amide bonds. The highest BCUT2D eigenvalue weighted by molar-refractivity contribution is 5.95. The average molecular weight is 378 g/mol. The summed E-state index contributed by atoms with van der Waals surface area (Å²) in [4.78, 5) is 25.7. The Morgan fingerprint density at radius 1 is 0.964 bits per heavy atom. The fourth-order valence-electron chi connectivity index (χ4n) is 2.74. The third kappa shape index (κ3) is 4.43. The van der Waals surface area contributed by atoms with Gasteiger partial charge in [-0.25, -0.2) is 4.79 Å². The Morgan fingerprint density at radius 2 is 1.64 bits per heavy atom. The molecule has 7 nitrogen and oxygen atoms in total. The predicted octanol–water partition coefficient (Wildman–Crippen LogP) is 3.30. The Bertz CT molecular complexity index is 1020. The van der Waals surface area contributed by atoms with Gasteiger partial charge in [0.2, 0.25) is 0 Å². The Morgan fingerprint density at radius 3 is 2.32 bits per heavy atom. The van der Waals surface area contributed by atoms with Crippen molar-refractivity contribution < 1.29 is 14.3 Å². The van der Waals surface area contributed by atoms with Crippen LogP contribution in [0, 0.1) is 27.7 Å². The van der Waals surface area contributed by atoms with Crippen LogP contribution in [0.15, 0.2) is 42.5 Å². The first-order chi connectivity index (χ1) is 13.3. The summed E-state index contributed by atoms with van der Waals surface area (Å²) in [5.74, 6) is -1.11. The summed E-state index contributed by atoms with van der Waals surface area (Å²) in [5.41, 5.74) is 5.16. The fourth-order valence-corrected chi connectivity index (χ4v) is 2.74. The first-order valence-electron chi connectivity index (χ1n) is 8.88. The van der Waals surface area contributed by atoms with Crippen LogP contribution in [0.25, 0.3) is 5.69 Å². The highest BCUT2D eigenvalue weighted by Gasteiger charge is 2.19. The van der Waals surface area contributed by atoms with Crippen LogP contribution in [0.5, 0.6) is 0 Å². The van der Waals surface area contributed by atoms with Crippen molar-refractivity contribution in [2.75, 3.05) is 11.9 Å². The number of benzene rings is 2. The highest BCUT2D eigenvalue weighted by atomic mass is 16.5. The number of anilines is 1. The van der Waals surface area contributed by atoms with Gasteiger partial charge in [-0.05, 0) is 51.5 Å². The largest absolute Gasteiger partial charge is 0.451 e. The van der Waals surface area contributed by atoms with Crippen molar-refractivity contribution in [3.05, 3.63) is 70.5 Å². The Labute approximate surface area is 163 Å². The van der Waals surface area contributed by atoms with E-state index >= 15 is 0 Å². The van der Waals surface area contributed by atoms with E-state index in [2.05, 4.69) is 15.5 Å². The number of amides is 1. The zero-order chi connectivity index (χ0) is 20.3. The maximum atomic E-state index is 12.3. The molecule has 1 N–H and O–H groups in total. The number of ether oxygens (including phenoxy) is 1. The van der Waals surface area contributed by atoms with Crippen LogP contribution in [0.3, 0.4) is 0 Å². The molecule has 0 aliphatic heterocycles.